The zero-order valence-electron chi connectivity index (χ0n) is 13.6. The molecule has 3 N–H and O–H groups in total. The normalized spacial score (nSPS) is 10.5. The summed E-state index contributed by atoms with van der Waals surface area (Å²) >= 11 is 6.20. The summed E-state index contributed by atoms with van der Waals surface area (Å²) in [5.74, 6) is 1.16. The Balaban J connectivity index is 1.85. The van der Waals surface area contributed by atoms with E-state index in [1.807, 2.05) is 60.7 Å². The number of aliphatic hydroxyl groups excluding tert-OH is 1. The van der Waals surface area contributed by atoms with Gasteiger partial charge in [0.2, 0.25) is 5.95 Å². The smallest absolute Gasteiger partial charge is 0.225 e. The summed E-state index contributed by atoms with van der Waals surface area (Å²) in [5, 5.41) is 16.0. The molecule has 3 aromatic rings. The van der Waals surface area contributed by atoms with Crippen LogP contribution in [0.2, 0.25) is 5.02 Å². The molecule has 0 aliphatic heterocycles. The van der Waals surface area contributed by atoms with Crippen LogP contribution in [0.1, 0.15) is 5.56 Å². The molecule has 2 aromatic carbocycles. The minimum Gasteiger partial charge on any atom is -0.395 e. The number of rotatable bonds is 7. The van der Waals surface area contributed by atoms with Gasteiger partial charge >= 0.3 is 0 Å². The fourth-order valence-corrected chi connectivity index (χ4v) is 2.57. The van der Waals surface area contributed by atoms with Crippen molar-refractivity contribution in [1.82, 2.24) is 9.97 Å². The Hall–Kier alpha value is -2.63. The fourth-order valence-electron chi connectivity index (χ4n) is 2.37. The highest BCUT2D eigenvalue weighted by Crippen LogP contribution is 2.22. The van der Waals surface area contributed by atoms with E-state index in [4.69, 9.17) is 16.7 Å². The van der Waals surface area contributed by atoms with Crippen LogP contribution in [-0.4, -0.2) is 28.2 Å². The number of anilines is 2. The van der Waals surface area contributed by atoms with Crippen LogP contribution < -0.4 is 10.6 Å². The molecule has 0 aliphatic rings. The van der Waals surface area contributed by atoms with Crippen molar-refractivity contribution in [1.29, 1.82) is 0 Å². The van der Waals surface area contributed by atoms with Crippen molar-refractivity contribution in [3.63, 3.8) is 0 Å². The maximum atomic E-state index is 9.02. The van der Waals surface area contributed by atoms with Gasteiger partial charge in [-0.3, -0.25) is 0 Å². The number of aliphatic hydroxyl groups is 1. The molecule has 0 unspecified atom stereocenters. The van der Waals surface area contributed by atoms with Crippen molar-refractivity contribution in [3.05, 3.63) is 71.2 Å². The molecule has 0 bridgehead atoms. The molecule has 0 fully saturated rings. The van der Waals surface area contributed by atoms with Gasteiger partial charge in [0.05, 0.1) is 12.3 Å². The second kappa shape index (κ2) is 8.46. The molecule has 6 heteroatoms. The molecule has 25 heavy (non-hydrogen) atoms. The van der Waals surface area contributed by atoms with Gasteiger partial charge in [-0.25, -0.2) is 4.98 Å². The van der Waals surface area contributed by atoms with E-state index in [9.17, 15) is 0 Å². The predicted octanol–water partition coefficient (Wildman–Crippen LogP) is 3.81. The number of benzene rings is 2. The fraction of sp³-hybridized carbons (Fsp3) is 0.158. The lowest BCUT2D eigenvalue weighted by Gasteiger charge is -2.11. The van der Waals surface area contributed by atoms with Gasteiger partial charge in [0.15, 0.2) is 0 Å². The van der Waals surface area contributed by atoms with Gasteiger partial charge in [-0.05, 0) is 11.6 Å². The lowest BCUT2D eigenvalue weighted by molar-refractivity contribution is 0.311. The molecule has 0 radical (unpaired) electrons. The summed E-state index contributed by atoms with van der Waals surface area (Å²) in [5.41, 5.74) is 2.80. The molecule has 1 aromatic heterocycles. The maximum absolute atomic E-state index is 9.02. The highest BCUT2D eigenvalue weighted by atomic mass is 35.5. The molecule has 0 aliphatic carbocycles. The van der Waals surface area contributed by atoms with Crippen LogP contribution >= 0.6 is 11.6 Å². The van der Waals surface area contributed by atoms with Crippen molar-refractivity contribution in [3.8, 4) is 11.3 Å². The lowest BCUT2D eigenvalue weighted by Crippen LogP contribution is -2.11. The third-order valence-corrected chi connectivity index (χ3v) is 3.98. The van der Waals surface area contributed by atoms with Gasteiger partial charge in [-0.15, -0.1) is 0 Å². The Morgan fingerprint density at radius 3 is 2.44 bits per heavy atom. The van der Waals surface area contributed by atoms with Gasteiger partial charge < -0.3 is 15.7 Å². The minimum absolute atomic E-state index is 0.0152. The first kappa shape index (κ1) is 17.2. The third-order valence-electron chi connectivity index (χ3n) is 3.61. The van der Waals surface area contributed by atoms with Gasteiger partial charge in [-0.2, -0.15) is 4.98 Å². The first-order valence-corrected chi connectivity index (χ1v) is 8.40. The second-order valence-electron chi connectivity index (χ2n) is 5.42. The molecular weight excluding hydrogens is 336 g/mol. The molecule has 0 atom stereocenters. The number of nitrogens with zero attached hydrogens (tertiary/aromatic N) is 2. The molecular formula is C19H19ClN4O. The Morgan fingerprint density at radius 2 is 1.68 bits per heavy atom. The van der Waals surface area contributed by atoms with Crippen LogP contribution in [0.3, 0.4) is 0 Å². The number of hydrogen-bond donors (Lipinski definition) is 3. The summed E-state index contributed by atoms with van der Waals surface area (Å²) < 4.78 is 0. The van der Waals surface area contributed by atoms with Gasteiger partial charge in [0, 0.05) is 29.7 Å². The first-order valence-electron chi connectivity index (χ1n) is 8.03. The molecule has 3 rings (SSSR count). The quantitative estimate of drug-likeness (QED) is 0.602. The topological polar surface area (TPSA) is 70.1 Å². The minimum atomic E-state index is 0.0152. The third kappa shape index (κ3) is 4.68. The van der Waals surface area contributed by atoms with E-state index in [0.717, 1.165) is 16.8 Å². The van der Waals surface area contributed by atoms with E-state index in [1.165, 1.54) is 0 Å². The Labute approximate surface area is 151 Å². The standard InChI is InChI=1S/C19H19ClN4O/c20-16-9-5-4-8-15(16)13-22-18-12-17(14-6-2-1-3-7-14)23-19(24-18)21-10-11-25/h1-9,12,25H,10-11,13H2,(H2,21,22,23,24). The van der Waals surface area contributed by atoms with Crippen molar-refractivity contribution < 1.29 is 5.11 Å². The summed E-state index contributed by atoms with van der Waals surface area (Å²) in [6, 6.07) is 19.5. The monoisotopic (exact) mass is 354 g/mol. The zero-order valence-corrected chi connectivity index (χ0v) is 14.4. The van der Waals surface area contributed by atoms with E-state index in [1.54, 1.807) is 0 Å². The van der Waals surface area contributed by atoms with Crippen LogP contribution in [0.25, 0.3) is 11.3 Å². The largest absolute Gasteiger partial charge is 0.395 e. The highest BCUT2D eigenvalue weighted by Gasteiger charge is 2.07. The number of aromatic nitrogens is 2. The Bertz CT molecular complexity index is 827. The van der Waals surface area contributed by atoms with E-state index in [-0.39, 0.29) is 6.61 Å². The first-order chi connectivity index (χ1) is 12.3. The van der Waals surface area contributed by atoms with Crippen LogP contribution in [0.4, 0.5) is 11.8 Å². The highest BCUT2D eigenvalue weighted by molar-refractivity contribution is 6.31. The SMILES string of the molecule is OCCNc1nc(NCc2ccccc2Cl)cc(-c2ccccc2)n1. The molecule has 5 nitrogen and oxygen atoms in total. The van der Waals surface area contributed by atoms with Gasteiger partial charge in [-0.1, -0.05) is 60.1 Å². The number of hydrogen-bond acceptors (Lipinski definition) is 5. The van der Waals surface area contributed by atoms with Gasteiger partial charge in [0.25, 0.3) is 0 Å². The van der Waals surface area contributed by atoms with Crippen LogP contribution in [0.15, 0.2) is 60.7 Å². The van der Waals surface area contributed by atoms with E-state index >= 15 is 0 Å². The average molecular weight is 355 g/mol. The molecule has 0 amide bonds. The number of nitrogens with one attached hydrogen (secondary N) is 2. The van der Waals surface area contributed by atoms with Crippen LogP contribution in [0.5, 0.6) is 0 Å². The zero-order chi connectivity index (χ0) is 17.5. The van der Waals surface area contributed by atoms with E-state index < -0.39 is 0 Å². The lowest BCUT2D eigenvalue weighted by atomic mass is 10.1. The van der Waals surface area contributed by atoms with E-state index in [2.05, 4.69) is 20.6 Å². The summed E-state index contributed by atoms with van der Waals surface area (Å²) in [7, 11) is 0. The molecule has 128 valence electrons. The summed E-state index contributed by atoms with van der Waals surface area (Å²) in [4.78, 5) is 8.97. The van der Waals surface area contributed by atoms with Crippen molar-refractivity contribution in [2.24, 2.45) is 0 Å². The molecule has 0 saturated carbocycles. The Kier molecular flexibility index (Phi) is 5.82. The average Bonchev–Trinajstić information content (AvgIpc) is 2.66. The summed E-state index contributed by atoms with van der Waals surface area (Å²) in [6.07, 6.45) is 0. The van der Waals surface area contributed by atoms with Gasteiger partial charge in [0.1, 0.15) is 5.82 Å². The van der Waals surface area contributed by atoms with Crippen molar-refractivity contribution >= 4 is 23.4 Å². The number of halogens is 1. The Morgan fingerprint density at radius 1 is 0.920 bits per heavy atom. The molecule has 0 saturated heterocycles. The van der Waals surface area contributed by atoms with Crippen LogP contribution in [0, 0.1) is 0 Å². The predicted molar refractivity (Wildman–Crippen MR) is 102 cm³/mol. The second-order valence-corrected chi connectivity index (χ2v) is 5.83. The van der Waals surface area contributed by atoms with Crippen LogP contribution in [-0.2, 0) is 6.54 Å². The maximum Gasteiger partial charge on any atom is 0.225 e. The van der Waals surface area contributed by atoms with Crippen molar-refractivity contribution in [2.75, 3.05) is 23.8 Å². The van der Waals surface area contributed by atoms with Crippen molar-refractivity contribution in [2.45, 2.75) is 6.54 Å². The molecule has 0 spiro atoms. The molecule has 1 heterocycles. The summed E-state index contributed by atoms with van der Waals surface area (Å²) in [6.45, 7) is 0.966. The van der Waals surface area contributed by atoms with E-state index in [0.29, 0.717) is 29.9 Å².